The van der Waals surface area contributed by atoms with Gasteiger partial charge in [-0.25, -0.2) is 9.67 Å². The monoisotopic (exact) mass is 634 g/mol. The number of piperidine rings is 2. The van der Waals surface area contributed by atoms with E-state index in [1.165, 1.54) is 10.2 Å². The molecule has 1 aromatic carbocycles. The van der Waals surface area contributed by atoms with Crippen molar-refractivity contribution in [2.24, 2.45) is 0 Å². The molecular formula is C32H42N8O4S. The Balaban J connectivity index is 1.23. The third-order valence-electron chi connectivity index (χ3n) is 9.23. The number of nitrogens with one attached hydrogen (secondary N) is 1. The summed E-state index contributed by atoms with van der Waals surface area (Å²) in [6.07, 6.45) is 5.13. The highest BCUT2D eigenvalue weighted by atomic mass is 32.1. The predicted molar refractivity (Wildman–Crippen MR) is 168 cm³/mol. The normalized spacial score (nSPS) is 22.4. The van der Waals surface area contributed by atoms with E-state index in [9.17, 15) is 19.5 Å². The van der Waals surface area contributed by atoms with E-state index in [-0.39, 0.29) is 55.7 Å². The second-order valence-corrected chi connectivity index (χ2v) is 13.6. The van der Waals surface area contributed by atoms with Gasteiger partial charge in [-0.05, 0) is 38.2 Å². The van der Waals surface area contributed by atoms with Gasteiger partial charge in [-0.3, -0.25) is 19.3 Å². The van der Waals surface area contributed by atoms with E-state index in [0.29, 0.717) is 25.3 Å². The van der Waals surface area contributed by atoms with Crippen LogP contribution in [0.15, 0.2) is 36.5 Å². The summed E-state index contributed by atoms with van der Waals surface area (Å²) in [5.41, 5.74) is 2.61. The van der Waals surface area contributed by atoms with Crippen molar-refractivity contribution in [3.63, 3.8) is 0 Å². The van der Waals surface area contributed by atoms with Crippen molar-refractivity contribution in [2.75, 3.05) is 39.3 Å². The lowest BCUT2D eigenvalue weighted by atomic mass is 9.96. The van der Waals surface area contributed by atoms with Crippen LogP contribution in [0.3, 0.4) is 0 Å². The summed E-state index contributed by atoms with van der Waals surface area (Å²) in [5.74, 6) is -0.388. The average Bonchev–Trinajstić information content (AvgIpc) is 3.65. The van der Waals surface area contributed by atoms with Crippen molar-refractivity contribution in [2.45, 2.75) is 76.5 Å². The predicted octanol–water partition coefficient (Wildman–Crippen LogP) is 1.52. The Morgan fingerprint density at radius 3 is 2.51 bits per heavy atom. The fraction of sp³-hybridized carbons (Fsp3) is 0.562. The largest absolute Gasteiger partial charge is 0.394 e. The lowest BCUT2D eigenvalue weighted by Crippen LogP contribution is -2.55. The highest BCUT2D eigenvalue weighted by molar-refractivity contribution is 7.11. The number of hydrogen-bond acceptors (Lipinski definition) is 9. The van der Waals surface area contributed by atoms with Gasteiger partial charge in [-0.1, -0.05) is 35.5 Å². The Hall–Kier alpha value is -3.68. The molecule has 4 bridgehead atoms. The molecule has 1 atom stereocenters. The molecule has 0 spiro atoms. The standard InChI is InChI=1S/C32H42N8O4S/c1-22-27-18-30(43)40(26-9-11-37(12-10-26)19-23-5-3-2-4-6-23)21-29(42)33-28(17-25-20-39(15-16-41)36-35-25)32(44)38-13-7-24(8-14-38)31(34-27)45-22/h2-6,20,24,26,28,41H,7-19,21H2,1H3,(H,33,42)/t28-/m1/s1. The molecule has 0 radical (unpaired) electrons. The molecule has 13 heteroatoms. The number of carbonyl (C=O) groups excluding carboxylic acids is 3. The molecule has 2 fully saturated rings. The van der Waals surface area contributed by atoms with Crippen molar-refractivity contribution in [1.82, 2.24) is 40.0 Å². The number of hydrogen-bond donors (Lipinski definition) is 2. The van der Waals surface area contributed by atoms with Crippen LogP contribution in [0, 0.1) is 6.92 Å². The highest BCUT2D eigenvalue weighted by Crippen LogP contribution is 2.33. The molecule has 0 unspecified atom stereocenters. The SMILES string of the molecule is Cc1sc2nc1CC(=O)N(C1CCN(Cc3ccccc3)CC1)CC(=O)N[C@H](Cc1cn(CCO)nn1)C(=O)N1CCC2CC1. The van der Waals surface area contributed by atoms with E-state index in [1.807, 2.05) is 30.0 Å². The van der Waals surface area contributed by atoms with Crippen LogP contribution < -0.4 is 5.32 Å². The van der Waals surface area contributed by atoms with Gasteiger partial charge in [-0.2, -0.15) is 0 Å². The summed E-state index contributed by atoms with van der Waals surface area (Å²) in [6, 6.07) is 9.44. The van der Waals surface area contributed by atoms with Gasteiger partial charge in [0, 0.05) is 62.2 Å². The van der Waals surface area contributed by atoms with E-state index in [0.717, 1.165) is 60.9 Å². The van der Waals surface area contributed by atoms with Gasteiger partial charge < -0.3 is 20.2 Å². The van der Waals surface area contributed by atoms with Crippen molar-refractivity contribution >= 4 is 29.1 Å². The van der Waals surface area contributed by atoms with Gasteiger partial charge in [-0.15, -0.1) is 16.4 Å². The maximum absolute atomic E-state index is 14.0. The Morgan fingerprint density at radius 2 is 1.78 bits per heavy atom. The van der Waals surface area contributed by atoms with Crippen LogP contribution >= 0.6 is 11.3 Å². The molecule has 0 aliphatic carbocycles. The second-order valence-electron chi connectivity index (χ2n) is 12.4. The van der Waals surface area contributed by atoms with Crippen molar-refractivity contribution in [3.05, 3.63) is 63.4 Å². The molecule has 2 aromatic heterocycles. The van der Waals surface area contributed by atoms with Gasteiger partial charge in [0.1, 0.15) is 6.04 Å². The third-order valence-corrected chi connectivity index (χ3v) is 10.4. The molecule has 2 saturated heterocycles. The maximum atomic E-state index is 14.0. The molecule has 4 aliphatic heterocycles. The number of aryl methyl sites for hydroxylation is 1. The highest BCUT2D eigenvalue weighted by Gasteiger charge is 2.35. The van der Waals surface area contributed by atoms with E-state index >= 15 is 0 Å². The first-order chi connectivity index (χ1) is 21.9. The minimum absolute atomic E-state index is 0.0775. The zero-order valence-corrected chi connectivity index (χ0v) is 26.6. The number of likely N-dealkylation sites (tertiary alicyclic amines) is 1. The molecule has 3 amide bonds. The molecule has 4 aliphatic rings. The molecule has 3 aromatic rings. The number of aromatic nitrogens is 4. The summed E-state index contributed by atoms with van der Waals surface area (Å²) in [7, 11) is 0. The Kier molecular flexibility index (Phi) is 9.86. The maximum Gasteiger partial charge on any atom is 0.245 e. The number of rotatable bonds is 7. The smallest absolute Gasteiger partial charge is 0.245 e. The minimum Gasteiger partial charge on any atom is -0.394 e. The summed E-state index contributed by atoms with van der Waals surface area (Å²) in [5, 5.41) is 21.5. The summed E-state index contributed by atoms with van der Waals surface area (Å²) >= 11 is 1.65. The zero-order valence-electron chi connectivity index (χ0n) is 25.8. The van der Waals surface area contributed by atoms with Crippen LogP contribution in [0.1, 0.15) is 58.4 Å². The molecular weight excluding hydrogens is 592 g/mol. The Morgan fingerprint density at radius 1 is 1.02 bits per heavy atom. The second kappa shape index (κ2) is 14.2. The quantitative estimate of drug-likeness (QED) is 0.399. The lowest BCUT2D eigenvalue weighted by molar-refractivity contribution is -0.141. The number of amides is 3. The number of benzene rings is 1. The fourth-order valence-corrected chi connectivity index (χ4v) is 7.81. The lowest BCUT2D eigenvalue weighted by Gasteiger charge is -2.38. The Bertz CT molecular complexity index is 1480. The van der Waals surface area contributed by atoms with Crippen molar-refractivity contribution in [3.8, 4) is 0 Å². The van der Waals surface area contributed by atoms with Crippen molar-refractivity contribution < 1.29 is 19.5 Å². The topological polar surface area (TPSA) is 137 Å². The molecule has 240 valence electrons. The van der Waals surface area contributed by atoms with Crippen LogP contribution in [0.25, 0.3) is 0 Å². The summed E-state index contributed by atoms with van der Waals surface area (Å²) in [6.45, 7) is 5.77. The van der Waals surface area contributed by atoms with Crippen molar-refractivity contribution in [1.29, 1.82) is 0 Å². The van der Waals surface area contributed by atoms with E-state index in [1.54, 1.807) is 22.4 Å². The Labute approximate surface area is 267 Å². The number of aliphatic hydroxyl groups is 1. The van der Waals surface area contributed by atoms with Crippen LogP contribution in [0.4, 0.5) is 0 Å². The molecule has 45 heavy (non-hydrogen) atoms. The van der Waals surface area contributed by atoms with Crippen LogP contribution in [0.5, 0.6) is 0 Å². The number of thiazole rings is 1. The molecule has 0 saturated carbocycles. The minimum atomic E-state index is -0.837. The van der Waals surface area contributed by atoms with Crippen LogP contribution in [-0.4, -0.2) is 109 Å². The van der Waals surface area contributed by atoms with Gasteiger partial charge in [0.05, 0.1) is 42.5 Å². The summed E-state index contributed by atoms with van der Waals surface area (Å²) < 4.78 is 1.52. The van der Waals surface area contributed by atoms with E-state index in [4.69, 9.17) is 4.98 Å². The third kappa shape index (κ3) is 7.59. The number of aliphatic hydroxyl groups excluding tert-OH is 1. The molecule has 2 N–H and O–H groups in total. The van der Waals surface area contributed by atoms with E-state index in [2.05, 4.69) is 32.7 Å². The number of nitrogens with zero attached hydrogens (tertiary/aromatic N) is 7. The van der Waals surface area contributed by atoms with Gasteiger partial charge >= 0.3 is 0 Å². The molecule has 6 heterocycles. The fourth-order valence-electron chi connectivity index (χ4n) is 6.70. The molecule has 12 nitrogen and oxygen atoms in total. The first kappa shape index (κ1) is 31.3. The average molecular weight is 635 g/mol. The van der Waals surface area contributed by atoms with Gasteiger partial charge in [0.25, 0.3) is 0 Å². The van der Waals surface area contributed by atoms with E-state index < -0.39 is 6.04 Å². The summed E-state index contributed by atoms with van der Waals surface area (Å²) in [4.78, 5) is 53.4. The number of carbonyl (C=O) groups is 3. The van der Waals surface area contributed by atoms with Gasteiger partial charge in [0.15, 0.2) is 0 Å². The van der Waals surface area contributed by atoms with Crippen LogP contribution in [-0.2, 0) is 40.3 Å². The number of fused-ring (bicyclic) bond motifs is 9. The zero-order chi connectivity index (χ0) is 31.3. The van der Waals surface area contributed by atoms with Crippen LogP contribution in [0.2, 0.25) is 0 Å². The van der Waals surface area contributed by atoms with Gasteiger partial charge in [0.2, 0.25) is 17.7 Å². The first-order valence-electron chi connectivity index (χ1n) is 16.0. The first-order valence-corrected chi connectivity index (χ1v) is 16.8. The molecule has 7 rings (SSSR count).